The highest BCUT2D eigenvalue weighted by molar-refractivity contribution is 7.92. The van der Waals surface area contributed by atoms with E-state index < -0.39 is 10.0 Å². The molecule has 0 saturated heterocycles. The molecule has 1 amide bonds. The van der Waals surface area contributed by atoms with Crippen molar-refractivity contribution in [2.45, 2.75) is 13.5 Å². The van der Waals surface area contributed by atoms with Crippen molar-refractivity contribution < 1.29 is 13.2 Å². The lowest BCUT2D eigenvalue weighted by Crippen LogP contribution is -2.40. The number of sulfonamides is 1. The van der Waals surface area contributed by atoms with Gasteiger partial charge in [-0.3, -0.25) is 9.10 Å². The summed E-state index contributed by atoms with van der Waals surface area (Å²) in [6.45, 7) is 1.94. The fraction of sp³-hybridized carbons (Fsp3) is 0.235. The van der Waals surface area contributed by atoms with Gasteiger partial charge in [-0.25, -0.2) is 8.42 Å². The fourth-order valence-corrected chi connectivity index (χ4v) is 3.12. The van der Waals surface area contributed by atoms with Gasteiger partial charge in [-0.15, -0.1) is 0 Å². The number of nitrogens with one attached hydrogen (secondary N) is 1. The Morgan fingerprint density at radius 2 is 1.65 bits per heavy atom. The van der Waals surface area contributed by atoms with Crippen LogP contribution in [0.25, 0.3) is 0 Å². The van der Waals surface area contributed by atoms with Gasteiger partial charge in [-0.1, -0.05) is 48.5 Å². The Labute approximate surface area is 137 Å². The van der Waals surface area contributed by atoms with Crippen LogP contribution in [0.5, 0.6) is 0 Å². The van der Waals surface area contributed by atoms with E-state index >= 15 is 0 Å². The zero-order valence-corrected chi connectivity index (χ0v) is 14.0. The molecule has 0 aliphatic carbocycles. The molecule has 0 aromatic heterocycles. The minimum atomic E-state index is -3.55. The first-order chi connectivity index (χ1) is 10.9. The van der Waals surface area contributed by atoms with E-state index in [1.54, 1.807) is 12.1 Å². The van der Waals surface area contributed by atoms with E-state index in [0.29, 0.717) is 12.2 Å². The number of para-hydroxylation sites is 1. The molecule has 0 saturated carbocycles. The molecular formula is C17H20N2O3S. The summed E-state index contributed by atoms with van der Waals surface area (Å²) in [7, 11) is -3.55. The van der Waals surface area contributed by atoms with Crippen molar-refractivity contribution in [2.75, 3.05) is 17.1 Å². The van der Waals surface area contributed by atoms with E-state index in [1.165, 1.54) is 0 Å². The van der Waals surface area contributed by atoms with E-state index in [-0.39, 0.29) is 12.5 Å². The summed E-state index contributed by atoms with van der Waals surface area (Å²) in [4.78, 5) is 12.1. The second-order valence-electron chi connectivity index (χ2n) is 5.32. The molecule has 2 aromatic carbocycles. The first kappa shape index (κ1) is 17.0. The third-order valence-corrected chi connectivity index (χ3v) is 4.53. The van der Waals surface area contributed by atoms with E-state index in [0.717, 1.165) is 21.7 Å². The van der Waals surface area contributed by atoms with Gasteiger partial charge in [0.05, 0.1) is 11.9 Å². The van der Waals surface area contributed by atoms with Crippen LogP contribution in [0.2, 0.25) is 0 Å². The maximum absolute atomic E-state index is 12.1. The minimum absolute atomic E-state index is 0.240. The summed E-state index contributed by atoms with van der Waals surface area (Å²) in [5, 5.41) is 2.75. The quantitative estimate of drug-likeness (QED) is 0.881. The van der Waals surface area contributed by atoms with E-state index in [4.69, 9.17) is 0 Å². The van der Waals surface area contributed by atoms with Gasteiger partial charge >= 0.3 is 0 Å². The molecule has 5 nitrogen and oxygen atoms in total. The van der Waals surface area contributed by atoms with Crippen molar-refractivity contribution in [2.24, 2.45) is 0 Å². The van der Waals surface area contributed by atoms with Crippen molar-refractivity contribution >= 4 is 21.6 Å². The Morgan fingerprint density at radius 1 is 1.04 bits per heavy atom. The van der Waals surface area contributed by atoms with Crippen molar-refractivity contribution in [3.63, 3.8) is 0 Å². The number of carbonyl (C=O) groups excluding carboxylic acids is 1. The smallest absolute Gasteiger partial charge is 0.241 e. The molecule has 0 aliphatic heterocycles. The van der Waals surface area contributed by atoms with Crippen molar-refractivity contribution in [3.05, 3.63) is 65.7 Å². The number of anilines is 1. The lowest BCUT2D eigenvalue weighted by atomic mass is 10.2. The molecular weight excluding hydrogens is 312 g/mol. The largest absolute Gasteiger partial charge is 0.350 e. The average molecular weight is 332 g/mol. The third kappa shape index (κ3) is 4.82. The molecule has 0 heterocycles. The Bertz CT molecular complexity index is 773. The van der Waals surface area contributed by atoms with Crippen LogP contribution in [0.4, 0.5) is 5.69 Å². The van der Waals surface area contributed by atoms with Gasteiger partial charge in [0.25, 0.3) is 0 Å². The average Bonchev–Trinajstić information content (AvgIpc) is 2.51. The molecule has 0 aliphatic rings. The zero-order valence-electron chi connectivity index (χ0n) is 13.2. The summed E-state index contributed by atoms with van der Waals surface area (Å²) < 4.78 is 25.2. The number of nitrogens with zero attached hydrogens (tertiary/aromatic N) is 1. The highest BCUT2D eigenvalue weighted by Gasteiger charge is 2.21. The lowest BCUT2D eigenvalue weighted by molar-refractivity contribution is -0.119. The van der Waals surface area contributed by atoms with Crippen LogP contribution in [0, 0.1) is 6.92 Å². The molecule has 0 bridgehead atoms. The molecule has 0 radical (unpaired) electrons. The zero-order chi connectivity index (χ0) is 16.9. The summed E-state index contributed by atoms with van der Waals surface area (Å²) in [5.74, 6) is -0.345. The van der Waals surface area contributed by atoms with Gasteiger partial charge in [0.2, 0.25) is 15.9 Å². The molecule has 0 atom stereocenters. The molecule has 6 heteroatoms. The number of rotatable bonds is 6. The summed E-state index contributed by atoms with van der Waals surface area (Å²) >= 11 is 0. The first-order valence-electron chi connectivity index (χ1n) is 7.22. The first-order valence-corrected chi connectivity index (χ1v) is 9.07. The van der Waals surface area contributed by atoms with Crippen molar-refractivity contribution in [1.82, 2.24) is 5.32 Å². The second kappa shape index (κ2) is 7.28. The summed E-state index contributed by atoms with van der Waals surface area (Å²) in [6.07, 6.45) is 1.10. The van der Waals surface area contributed by atoms with Gasteiger partial charge in [0, 0.05) is 6.54 Å². The standard InChI is InChI=1S/C17H20N2O3S/c1-14-8-6-7-11-16(14)19(23(2,21)22)13-17(20)18-12-15-9-4-3-5-10-15/h3-11H,12-13H2,1-2H3,(H,18,20). The van der Waals surface area contributed by atoms with E-state index in [1.807, 2.05) is 49.4 Å². The molecule has 122 valence electrons. The number of amides is 1. The highest BCUT2D eigenvalue weighted by atomic mass is 32.2. The number of aryl methyl sites for hydroxylation is 1. The van der Waals surface area contributed by atoms with Crippen LogP contribution in [0.3, 0.4) is 0 Å². The van der Waals surface area contributed by atoms with Crippen LogP contribution in [0.1, 0.15) is 11.1 Å². The third-order valence-electron chi connectivity index (χ3n) is 3.40. The topological polar surface area (TPSA) is 66.5 Å². The molecule has 2 aromatic rings. The normalized spacial score (nSPS) is 11.0. The van der Waals surface area contributed by atoms with Gasteiger partial charge in [-0.05, 0) is 24.1 Å². The Hall–Kier alpha value is -2.34. The van der Waals surface area contributed by atoms with Crippen LogP contribution >= 0.6 is 0 Å². The predicted octanol–water partition coefficient (Wildman–Crippen LogP) is 2.08. The van der Waals surface area contributed by atoms with Crippen LogP contribution in [-0.4, -0.2) is 27.1 Å². The van der Waals surface area contributed by atoms with Gasteiger partial charge in [0.15, 0.2) is 0 Å². The van der Waals surface area contributed by atoms with Crippen LogP contribution in [-0.2, 0) is 21.4 Å². The molecule has 0 fully saturated rings. The SMILES string of the molecule is Cc1ccccc1N(CC(=O)NCc1ccccc1)S(C)(=O)=O. The number of benzene rings is 2. The Balaban J connectivity index is 2.10. The number of hydrogen-bond donors (Lipinski definition) is 1. The molecule has 2 rings (SSSR count). The van der Waals surface area contributed by atoms with Gasteiger partial charge < -0.3 is 5.32 Å². The Kier molecular flexibility index (Phi) is 5.39. The monoisotopic (exact) mass is 332 g/mol. The summed E-state index contributed by atoms with van der Waals surface area (Å²) in [6, 6.07) is 16.6. The maximum Gasteiger partial charge on any atom is 0.241 e. The lowest BCUT2D eigenvalue weighted by Gasteiger charge is -2.23. The minimum Gasteiger partial charge on any atom is -0.350 e. The Morgan fingerprint density at radius 3 is 2.26 bits per heavy atom. The molecule has 1 N–H and O–H groups in total. The molecule has 0 unspecified atom stereocenters. The number of hydrogen-bond acceptors (Lipinski definition) is 3. The van der Waals surface area contributed by atoms with E-state index in [2.05, 4.69) is 5.32 Å². The predicted molar refractivity (Wildman–Crippen MR) is 91.7 cm³/mol. The van der Waals surface area contributed by atoms with Crippen molar-refractivity contribution in [3.8, 4) is 0 Å². The highest BCUT2D eigenvalue weighted by Crippen LogP contribution is 2.21. The van der Waals surface area contributed by atoms with Gasteiger partial charge in [0.1, 0.15) is 6.54 Å². The summed E-state index contributed by atoms with van der Waals surface area (Å²) in [5.41, 5.74) is 2.28. The number of carbonyl (C=O) groups is 1. The van der Waals surface area contributed by atoms with Crippen LogP contribution in [0.15, 0.2) is 54.6 Å². The van der Waals surface area contributed by atoms with Gasteiger partial charge in [-0.2, -0.15) is 0 Å². The maximum atomic E-state index is 12.1. The van der Waals surface area contributed by atoms with E-state index in [9.17, 15) is 13.2 Å². The molecule has 23 heavy (non-hydrogen) atoms. The second-order valence-corrected chi connectivity index (χ2v) is 7.23. The van der Waals surface area contributed by atoms with Crippen LogP contribution < -0.4 is 9.62 Å². The fourth-order valence-electron chi connectivity index (χ4n) is 2.21. The molecule has 0 spiro atoms. The van der Waals surface area contributed by atoms with Crippen molar-refractivity contribution in [1.29, 1.82) is 0 Å².